The Balaban J connectivity index is 3.99. The van der Waals surface area contributed by atoms with Gasteiger partial charge in [0, 0.05) is 22.4 Å². The first-order valence-corrected chi connectivity index (χ1v) is 3.97. The van der Waals surface area contributed by atoms with E-state index in [-0.39, 0.29) is 5.41 Å². The molecule has 1 unspecified atom stereocenters. The molecule has 0 aromatic heterocycles. The largest absolute Gasteiger partial charge is 0.755 e. The van der Waals surface area contributed by atoms with Crippen LogP contribution in [0.3, 0.4) is 0 Å². The van der Waals surface area contributed by atoms with Gasteiger partial charge >= 0.3 is 0 Å². The molecule has 0 aromatic carbocycles. The van der Waals surface area contributed by atoms with Crippen LogP contribution in [-0.4, -0.2) is 8.76 Å². The fourth-order valence-corrected chi connectivity index (χ4v) is 0.761. The van der Waals surface area contributed by atoms with Crippen molar-refractivity contribution in [2.24, 2.45) is 5.41 Å². The van der Waals surface area contributed by atoms with E-state index in [1.54, 1.807) is 0 Å². The van der Waals surface area contributed by atoms with Crippen LogP contribution in [0.4, 0.5) is 0 Å². The highest BCUT2D eigenvalue weighted by Gasteiger charge is 2.13. The average molecular weight is 162 g/mol. The number of rotatable bonds is 2. The maximum Gasteiger partial charge on any atom is 0.0445 e. The van der Waals surface area contributed by atoms with Gasteiger partial charge in [-0.2, -0.15) is 0 Å². The quantitative estimate of drug-likeness (QED) is 0.614. The summed E-state index contributed by atoms with van der Waals surface area (Å²) in [5, 5.41) is 0. The summed E-state index contributed by atoms with van der Waals surface area (Å²) in [7, 11) is 0. The Morgan fingerprint density at radius 1 is 1.60 bits per heavy atom. The van der Waals surface area contributed by atoms with Crippen LogP contribution in [0.2, 0.25) is 0 Å². The number of nitrogens with one attached hydrogen (secondary N) is 1. The maximum absolute atomic E-state index is 10.1. The van der Waals surface area contributed by atoms with E-state index < -0.39 is 11.3 Å². The third-order valence-corrected chi connectivity index (χ3v) is 1.52. The molecular weight excluding hydrogens is 150 g/mol. The molecule has 0 heterocycles. The molecule has 0 saturated carbocycles. The summed E-state index contributed by atoms with van der Waals surface area (Å²) in [5.74, 6) is 0. The molecule has 0 rings (SSSR count). The molecule has 1 atom stereocenters. The Labute approximate surface area is 63.9 Å². The summed E-state index contributed by atoms with van der Waals surface area (Å²) in [5.41, 5.74) is 0.293. The molecule has 0 fully saturated rings. The van der Waals surface area contributed by atoms with Crippen molar-refractivity contribution in [3.63, 3.8) is 0 Å². The van der Waals surface area contributed by atoms with Gasteiger partial charge in [0.2, 0.25) is 0 Å². The van der Waals surface area contributed by atoms with Crippen LogP contribution in [-0.2, 0) is 11.3 Å². The fourth-order valence-electron chi connectivity index (χ4n) is 0.254. The topological polar surface area (TPSA) is 52.2 Å². The molecule has 3 nitrogen and oxygen atoms in total. The second-order valence-corrected chi connectivity index (χ2v) is 3.74. The van der Waals surface area contributed by atoms with E-state index >= 15 is 0 Å². The second kappa shape index (κ2) is 3.16. The molecule has 1 N–H and O–H groups in total. The van der Waals surface area contributed by atoms with Crippen molar-refractivity contribution < 1.29 is 8.76 Å². The standard InChI is InChI=1S/C6H13NO2S/c1-5(6(2,3)4)7-10(8)9/h7H,1H2,2-4H3,(H,8,9)/p-1. The lowest BCUT2D eigenvalue weighted by Crippen LogP contribution is -2.24. The van der Waals surface area contributed by atoms with Crippen molar-refractivity contribution in [2.45, 2.75) is 20.8 Å². The fraction of sp³-hybridized carbons (Fsp3) is 0.667. The van der Waals surface area contributed by atoms with Gasteiger partial charge in [-0.15, -0.1) is 0 Å². The van der Waals surface area contributed by atoms with Crippen LogP contribution < -0.4 is 4.72 Å². The van der Waals surface area contributed by atoms with Crippen molar-refractivity contribution in [2.75, 3.05) is 0 Å². The van der Waals surface area contributed by atoms with E-state index in [1.807, 2.05) is 20.8 Å². The van der Waals surface area contributed by atoms with Gasteiger partial charge in [0.1, 0.15) is 0 Å². The van der Waals surface area contributed by atoms with Crippen LogP contribution in [0, 0.1) is 5.41 Å². The van der Waals surface area contributed by atoms with E-state index in [9.17, 15) is 8.76 Å². The van der Waals surface area contributed by atoms with Gasteiger partial charge in [-0.05, 0) is 0 Å². The van der Waals surface area contributed by atoms with Gasteiger partial charge in [-0.1, -0.05) is 27.4 Å². The molecule has 0 amide bonds. The molecule has 60 valence electrons. The SMILES string of the molecule is C=C(NS(=O)[O-])C(C)(C)C. The Hall–Kier alpha value is -0.350. The van der Waals surface area contributed by atoms with E-state index in [4.69, 9.17) is 0 Å². The van der Waals surface area contributed by atoms with Crippen LogP contribution in [0.5, 0.6) is 0 Å². The molecule has 0 aliphatic heterocycles. The summed E-state index contributed by atoms with van der Waals surface area (Å²) in [4.78, 5) is 0. The van der Waals surface area contributed by atoms with E-state index in [2.05, 4.69) is 11.3 Å². The molecule has 4 heteroatoms. The minimum absolute atomic E-state index is 0.208. The lowest BCUT2D eigenvalue weighted by Gasteiger charge is -2.23. The summed E-state index contributed by atoms with van der Waals surface area (Å²) < 4.78 is 22.4. The Kier molecular flexibility index (Phi) is 3.05. The van der Waals surface area contributed by atoms with Gasteiger partial charge in [0.25, 0.3) is 0 Å². The molecule has 0 spiro atoms. The zero-order valence-electron chi connectivity index (χ0n) is 6.43. The smallest absolute Gasteiger partial charge is 0.0445 e. The molecule has 0 radical (unpaired) electrons. The highest BCUT2D eigenvalue weighted by Crippen LogP contribution is 2.20. The zero-order valence-corrected chi connectivity index (χ0v) is 7.25. The first-order valence-electron chi connectivity index (χ1n) is 2.89. The van der Waals surface area contributed by atoms with Crippen molar-refractivity contribution >= 4 is 11.3 Å². The summed E-state index contributed by atoms with van der Waals surface area (Å²) in [6.45, 7) is 9.21. The molecule has 0 aliphatic rings. The molecule has 10 heavy (non-hydrogen) atoms. The lowest BCUT2D eigenvalue weighted by molar-refractivity contribution is 0.471. The van der Waals surface area contributed by atoms with Gasteiger partial charge in [0.05, 0.1) is 0 Å². The van der Waals surface area contributed by atoms with Crippen LogP contribution in [0.25, 0.3) is 0 Å². The predicted molar refractivity (Wildman–Crippen MR) is 40.7 cm³/mol. The lowest BCUT2D eigenvalue weighted by atomic mass is 9.94. The normalized spacial score (nSPS) is 14.4. The highest BCUT2D eigenvalue weighted by atomic mass is 32.2. The van der Waals surface area contributed by atoms with Gasteiger partial charge in [-0.25, -0.2) is 0 Å². The van der Waals surface area contributed by atoms with Crippen molar-refractivity contribution in [1.82, 2.24) is 4.72 Å². The first-order chi connectivity index (χ1) is 4.34. The Morgan fingerprint density at radius 2 is 2.00 bits per heavy atom. The van der Waals surface area contributed by atoms with E-state index in [0.29, 0.717) is 5.70 Å². The van der Waals surface area contributed by atoms with Gasteiger partial charge in [0.15, 0.2) is 0 Å². The summed E-state index contributed by atoms with van der Waals surface area (Å²) >= 11 is -2.24. The Bertz CT molecular complexity index is 160. The average Bonchev–Trinajstić information content (AvgIpc) is 1.60. The van der Waals surface area contributed by atoms with E-state index in [1.165, 1.54) is 0 Å². The summed E-state index contributed by atoms with van der Waals surface area (Å²) in [6.07, 6.45) is 0. The minimum atomic E-state index is -2.24. The van der Waals surface area contributed by atoms with Crippen LogP contribution in [0.15, 0.2) is 12.3 Å². The molecule has 0 bridgehead atoms. The molecule has 0 aliphatic carbocycles. The molecular formula is C6H12NO2S-. The third-order valence-electron chi connectivity index (χ3n) is 1.11. The highest BCUT2D eigenvalue weighted by molar-refractivity contribution is 7.77. The van der Waals surface area contributed by atoms with Crippen LogP contribution >= 0.6 is 0 Å². The van der Waals surface area contributed by atoms with Crippen LogP contribution in [0.1, 0.15) is 20.8 Å². The van der Waals surface area contributed by atoms with Crippen molar-refractivity contribution in [3.8, 4) is 0 Å². The van der Waals surface area contributed by atoms with Crippen molar-refractivity contribution in [1.29, 1.82) is 0 Å². The van der Waals surface area contributed by atoms with Gasteiger partial charge < -0.3 is 9.27 Å². The molecule has 0 saturated heterocycles. The van der Waals surface area contributed by atoms with E-state index in [0.717, 1.165) is 0 Å². The first kappa shape index (κ1) is 9.65. The van der Waals surface area contributed by atoms with Gasteiger partial charge in [-0.3, -0.25) is 4.21 Å². The number of hydrogen-bond acceptors (Lipinski definition) is 2. The summed E-state index contributed by atoms with van der Waals surface area (Å²) in [6, 6.07) is 0. The van der Waals surface area contributed by atoms with Crippen molar-refractivity contribution in [3.05, 3.63) is 12.3 Å². The minimum Gasteiger partial charge on any atom is -0.755 e. The zero-order chi connectivity index (χ0) is 8.36. The maximum atomic E-state index is 10.1. The predicted octanol–water partition coefficient (Wildman–Crippen LogP) is 0.930. The third kappa shape index (κ3) is 3.63. The molecule has 0 aromatic rings. The second-order valence-electron chi connectivity index (χ2n) is 3.07. The number of hydrogen-bond donors (Lipinski definition) is 1. The number of allylic oxidation sites excluding steroid dienone is 1. The Morgan fingerprint density at radius 3 is 2.10 bits per heavy atom. The monoisotopic (exact) mass is 162 g/mol.